The number of rotatable bonds is 2. The van der Waals surface area contributed by atoms with Gasteiger partial charge in [0.15, 0.2) is 0 Å². The minimum Gasteiger partial charge on any atom is -0.348 e. The van der Waals surface area contributed by atoms with Crippen molar-refractivity contribution in [3.8, 4) is 0 Å². The van der Waals surface area contributed by atoms with Gasteiger partial charge in [-0.2, -0.15) is 0 Å². The molecule has 2 rings (SSSR count). The maximum atomic E-state index is 5.57. The summed E-state index contributed by atoms with van der Waals surface area (Å²) < 4.78 is 2.22. The highest BCUT2D eigenvalue weighted by atomic mass is 35.5. The van der Waals surface area contributed by atoms with Crippen LogP contribution in [0.3, 0.4) is 0 Å². The number of fused-ring (bicyclic) bond motifs is 1. The smallest absolute Gasteiger partial charge is 0.0480 e. The molecule has 0 aliphatic carbocycles. The first-order valence-corrected chi connectivity index (χ1v) is 4.97. The number of nitrogens with zero attached hydrogens (tertiary/aromatic N) is 1. The third kappa shape index (κ3) is 2.16. The molecule has 0 atom stereocenters. The molecule has 0 aliphatic heterocycles. The van der Waals surface area contributed by atoms with Crippen LogP contribution >= 0.6 is 12.4 Å². The van der Waals surface area contributed by atoms with Crippen LogP contribution in [0.25, 0.3) is 10.9 Å². The van der Waals surface area contributed by atoms with Gasteiger partial charge >= 0.3 is 0 Å². The fraction of sp³-hybridized carbons (Fsp3) is 0.333. The van der Waals surface area contributed by atoms with Crippen molar-refractivity contribution in [3.05, 3.63) is 35.5 Å². The first kappa shape index (κ1) is 12.1. The number of hydrogen-bond donors (Lipinski definition) is 1. The van der Waals surface area contributed by atoms with Crippen LogP contribution in [0.5, 0.6) is 0 Å². The number of aromatic nitrogens is 1. The van der Waals surface area contributed by atoms with E-state index >= 15 is 0 Å². The molecule has 0 aliphatic rings. The van der Waals surface area contributed by atoms with E-state index in [1.165, 1.54) is 22.2 Å². The molecule has 2 N–H and O–H groups in total. The number of nitrogens with two attached hydrogens (primary N) is 1. The zero-order valence-electron chi connectivity index (χ0n) is 9.16. The van der Waals surface area contributed by atoms with Crippen molar-refractivity contribution < 1.29 is 0 Å². The van der Waals surface area contributed by atoms with Crippen molar-refractivity contribution in [2.75, 3.05) is 6.54 Å². The van der Waals surface area contributed by atoms with Gasteiger partial charge in [-0.25, -0.2) is 0 Å². The Morgan fingerprint density at radius 3 is 2.67 bits per heavy atom. The van der Waals surface area contributed by atoms with E-state index in [4.69, 9.17) is 5.73 Å². The predicted octanol–water partition coefficient (Wildman–Crippen LogP) is 2.41. The highest BCUT2D eigenvalue weighted by Gasteiger charge is 2.04. The van der Waals surface area contributed by atoms with Gasteiger partial charge in [0, 0.05) is 23.6 Å². The molecule has 2 nitrogen and oxygen atoms in total. The lowest BCUT2D eigenvalue weighted by Gasteiger charge is -2.01. The van der Waals surface area contributed by atoms with Crippen LogP contribution in [0.1, 0.15) is 11.3 Å². The van der Waals surface area contributed by atoms with E-state index in [-0.39, 0.29) is 12.4 Å². The fourth-order valence-electron chi connectivity index (χ4n) is 1.91. The van der Waals surface area contributed by atoms with Gasteiger partial charge in [0.2, 0.25) is 0 Å². The molecule has 0 saturated heterocycles. The van der Waals surface area contributed by atoms with Crippen molar-refractivity contribution in [1.82, 2.24) is 4.57 Å². The van der Waals surface area contributed by atoms with Crippen molar-refractivity contribution in [3.63, 3.8) is 0 Å². The third-order valence-corrected chi connectivity index (χ3v) is 2.70. The summed E-state index contributed by atoms with van der Waals surface area (Å²) in [7, 11) is 2.10. The molecule has 0 bridgehead atoms. The summed E-state index contributed by atoms with van der Waals surface area (Å²) in [6.07, 6.45) is 0.949. The van der Waals surface area contributed by atoms with E-state index in [9.17, 15) is 0 Å². The van der Waals surface area contributed by atoms with E-state index in [1.54, 1.807) is 0 Å². The van der Waals surface area contributed by atoms with Crippen LogP contribution in [0.2, 0.25) is 0 Å². The summed E-state index contributed by atoms with van der Waals surface area (Å²) >= 11 is 0. The Balaban J connectivity index is 0.00000112. The topological polar surface area (TPSA) is 30.9 Å². The Hall–Kier alpha value is -0.990. The highest BCUT2D eigenvalue weighted by Crippen LogP contribution is 2.20. The Bertz CT molecular complexity index is 460. The first-order valence-electron chi connectivity index (χ1n) is 4.97. The molecule has 0 amide bonds. The Morgan fingerprint density at radius 2 is 2.00 bits per heavy atom. The van der Waals surface area contributed by atoms with Crippen LogP contribution in [-0.2, 0) is 13.5 Å². The van der Waals surface area contributed by atoms with E-state index < -0.39 is 0 Å². The number of hydrogen-bond acceptors (Lipinski definition) is 1. The van der Waals surface area contributed by atoms with Crippen molar-refractivity contribution in [2.45, 2.75) is 13.3 Å². The fourth-order valence-corrected chi connectivity index (χ4v) is 1.91. The zero-order chi connectivity index (χ0) is 10.1. The molecular weight excluding hydrogens is 208 g/mol. The summed E-state index contributed by atoms with van der Waals surface area (Å²) in [4.78, 5) is 0. The van der Waals surface area contributed by atoms with Gasteiger partial charge in [-0.05, 0) is 38.1 Å². The van der Waals surface area contributed by atoms with E-state index in [0.717, 1.165) is 6.42 Å². The van der Waals surface area contributed by atoms with E-state index in [2.05, 4.69) is 42.8 Å². The molecule has 1 aromatic heterocycles. The van der Waals surface area contributed by atoms with Crippen molar-refractivity contribution in [1.29, 1.82) is 0 Å². The molecule has 0 radical (unpaired) electrons. The Labute approximate surface area is 96.5 Å². The lowest BCUT2D eigenvalue weighted by Crippen LogP contribution is -2.06. The maximum Gasteiger partial charge on any atom is 0.0480 e. The quantitative estimate of drug-likeness (QED) is 0.835. The zero-order valence-corrected chi connectivity index (χ0v) is 9.97. The molecule has 0 fully saturated rings. The molecule has 1 heterocycles. The van der Waals surface area contributed by atoms with Gasteiger partial charge in [0.25, 0.3) is 0 Å². The average Bonchev–Trinajstić information content (AvgIpc) is 2.44. The molecular formula is C12H17ClN2. The largest absolute Gasteiger partial charge is 0.348 e. The lowest BCUT2D eigenvalue weighted by molar-refractivity contribution is 0.827. The van der Waals surface area contributed by atoms with Crippen LogP contribution in [0, 0.1) is 6.92 Å². The Morgan fingerprint density at radius 1 is 1.27 bits per heavy atom. The summed E-state index contributed by atoms with van der Waals surface area (Å²) in [5, 5.41) is 1.32. The van der Waals surface area contributed by atoms with Crippen LogP contribution in [-0.4, -0.2) is 11.1 Å². The molecule has 0 unspecified atom stereocenters. The van der Waals surface area contributed by atoms with Gasteiger partial charge in [0.1, 0.15) is 0 Å². The molecule has 0 saturated carbocycles. The van der Waals surface area contributed by atoms with Crippen LogP contribution < -0.4 is 5.73 Å². The molecule has 1 aromatic carbocycles. The molecule has 82 valence electrons. The van der Waals surface area contributed by atoms with Gasteiger partial charge in [-0.15, -0.1) is 12.4 Å². The van der Waals surface area contributed by atoms with Crippen LogP contribution in [0.15, 0.2) is 24.3 Å². The van der Waals surface area contributed by atoms with Gasteiger partial charge in [-0.3, -0.25) is 0 Å². The highest BCUT2D eigenvalue weighted by molar-refractivity contribution is 5.85. The minimum atomic E-state index is 0. The van der Waals surface area contributed by atoms with Gasteiger partial charge < -0.3 is 10.3 Å². The number of benzene rings is 1. The summed E-state index contributed by atoms with van der Waals surface area (Å²) in [5.74, 6) is 0. The molecule has 15 heavy (non-hydrogen) atoms. The summed E-state index contributed by atoms with van der Waals surface area (Å²) in [5.41, 5.74) is 9.48. The second kappa shape index (κ2) is 4.69. The van der Waals surface area contributed by atoms with Crippen molar-refractivity contribution in [2.24, 2.45) is 12.8 Å². The third-order valence-electron chi connectivity index (χ3n) is 2.70. The monoisotopic (exact) mass is 224 g/mol. The van der Waals surface area contributed by atoms with E-state index in [0.29, 0.717) is 6.54 Å². The minimum absolute atomic E-state index is 0. The second-order valence-electron chi connectivity index (χ2n) is 3.80. The maximum absolute atomic E-state index is 5.57. The normalized spacial score (nSPS) is 10.3. The average molecular weight is 225 g/mol. The predicted molar refractivity (Wildman–Crippen MR) is 67.7 cm³/mol. The lowest BCUT2D eigenvalue weighted by atomic mass is 10.2. The van der Waals surface area contributed by atoms with E-state index in [1.807, 2.05) is 0 Å². The standard InChI is InChI=1S/C12H16N2.ClH/c1-9-3-4-12-10(7-9)8-11(5-6-13)14(12)2;/h3-4,7-8H,5-6,13H2,1-2H3;1H. The summed E-state index contributed by atoms with van der Waals surface area (Å²) in [6.45, 7) is 2.83. The Kier molecular flexibility index (Phi) is 3.77. The first-order chi connectivity index (χ1) is 6.72. The SMILES string of the molecule is Cc1ccc2c(c1)cc(CCN)n2C.Cl. The molecule has 2 aromatic rings. The second-order valence-corrected chi connectivity index (χ2v) is 3.80. The number of halogens is 1. The van der Waals surface area contributed by atoms with Gasteiger partial charge in [-0.1, -0.05) is 11.6 Å². The van der Waals surface area contributed by atoms with Crippen molar-refractivity contribution >= 4 is 23.3 Å². The van der Waals surface area contributed by atoms with Gasteiger partial charge in [0.05, 0.1) is 0 Å². The molecule has 0 spiro atoms. The molecule has 3 heteroatoms. The number of aryl methyl sites for hydroxylation is 2. The summed E-state index contributed by atoms with van der Waals surface area (Å²) in [6, 6.07) is 8.77. The van der Waals surface area contributed by atoms with Crippen LogP contribution in [0.4, 0.5) is 0 Å².